The Kier molecular flexibility index (Phi) is 7.11. The number of alkyl halides is 1. The molecule has 3 saturated carbocycles. The lowest BCUT2D eigenvalue weighted by Crippen LogP contribution is -2.72. The molecule has 1 saturated heterocycles. The summed E-state index contributed by atoms with van der Waals surface area (Å²) in [5, 5.41) is 11.7. The molecule has 1 N–H and O–H groups in total. The van der Waals surface area contributed by atoms with E-state index in [1.807, 2.05) is 41.5 Å². The summed E-state index contributed by atoms with van der Waals surface area (Å²) in [5.74, 6) is -1.07. The van der Waals surface area contributed by atoms with E-state index in [9.17, 15) is 14.7 Å². The monoisotopic (exact) mass is 548 g/mol. The van der Waals surface area contributed by atoms with E-state index in [1.54, 1.807) is 13.0 Å². The molecule has 1 aliphatic heterocycles. The highest BCUT2D eigenvalue weighted by molar-refractivity contribution is 6.01. The van der Waals surface area contributed by atoms with Gasteiger partial charge in [0.15, 0.2) is 17.2 Å². The fraction of sp³-hybridized carbons (Fsp3) is 0.806. The van der Waals surface area contributed by atoms with Crippen molar-refractivity contribution < 1.29 is 38.0 Å². The number of ketones is 2. The molecule has 0 amide bonds. The first-order valence-electron chi connectivity index (χ1n) is 14.6. The molecule has 0 aromatic rings. The molecule has 39 heavy (non-hydrogen) atoms. The Hall–Kier alpha value is -1.45. The van der Waals surface area contributed by atoms with Gasteiger partial charge < -0.3 is 14.6 Å². The minimum atomic E-state index is -1.97. The topological polar surface area (TPSA) is 91.3 Å². The van der Waals surface area contributed by atoms with E-state index >= 15 is 4.39 Å². The summed E-state index contributed by atoms with van der Waals surface area (Å²) in [5.41, 5.74) is -4.58. The fourth-order valence-electron chi connectivity index (χ4n) is 8.61. The van der Waals surface area contributed by atoms with E-state index in [0.29, 0.717) is 32.5 Å². The predicted molar refractivity (Wildman–Crippen MR) is 142 cm³/mol. The van der Waals surface area contributed by atoms with E-state index in [1.165, 1.54) is 12.2 Å². The molecule has 0 aromatic carbocycles. The van der Waals surface area contributed by atoms with Gasteiger partial charge in [-0.1, -0.05) is 53.2 Å². The summed E-state index contributed by atoms with van der Waals surface area (Å²) in [7, 11) is 0. The van der Waals surface area contributed by atoms with Crippen LogP contribution in [0.4, 0.5) is 4.39 Å². The average Bonchev–Trinajstić information content (AvgIpc) is 3.07. The number of hydrogen-bond acceptors (Lipinski definition) is 7. The lowest BCUT2D eigenvalue weighted by molar-refractivity contribution is -0.535. The standard InChI is InChI=1S/C31H45FO7/c1-18(2)15-36-31(37-16-19(3)4)38-17-26(35)30(39-31)20(5)12-24-23-9-8-21-13-22(33)10-11-27(21,6)29(23,32)25(34)14-28(24,30)7/h10-11,13,18-20,23-25,34H,8-9,12,14-17H2,1-7H3/t20-,23+,24+,25+,27+,28+,29+,30+/m1/s1. The number of carbonyl (C=O) groups excluding carboxylic acids is 2. The van der Waals surface area contributed by atoms with Gasteiger partial charge in [0, 0.05) is 16.7 Å². The number of hydrogen-bond donors (Lipinski definition) is 1. The van der Waals surface area contributed by atoms with Crippen LogP contribution in [0, 0.1) is 40.4 Å². The molecule has 0 unspecified atom stereocenters. The Morgan fingerprint density at radius 2 is 1.74 bits per heavy atom. The second kappa shape index (κ2) is 9.55. The Labute approximate surface area is 231 Å². The van der Waals surface area contributed by atoms with Crippen LogP contribution in [0.3, 0.4) is 0 Å². The zero-order chi connectivity index (χ0) is 28.6. The number of fused-ring (bicyclic) bond motifs is 6. The van der Waals surface area contributed by atoms with Gasteiger partial charge in [0.1, 0.15) is 12.2 Å². The summed E-state index contributed by atoms with van der Waals surface area (Å²) in [6.45, 7) is 14.1. The summed E-state index contributed by atoms with van der Waals surface area (Å²) in [6.07, 6.45) is 3.05. The molecule has 1 spiro atoms. The predicted octanol–water partition coefficient (Wildman–Crippen LogP) is 4.91. The van der Waals surface area contributed by atoms with E-state index < -0.39 is 40.3 Å². The van der Waals surface area contributed by atoms with Gasteiger partial charge >= 0.3 is 6.16 Å². The van der Waals surface area contributed by atoms with Crippen molar-refractivity contribution in [2.45, 2.75) is 97.7 Å². The van der Waals surface area contributed by atoms with Crippen LogP contribution in [-0.4, -0.2) is 60.0 Å². The van der Waals surface area contributed by atoms with Gasteiger partial charge in [0.25, 0.3) is 0 Å². The minimum Gasteiger partial charge on any atom is -0.390 e. The molecule has 1 heterocycles. The van der Waals surface area contributed by atoms with Crippen LogP contribution < -0.4 is 0 Å². The lowest BCUT2D eigenvalue weighted by Gasteiger charge is -2.63. The Morgan fingerprint density at radius 3 is 2.36 bits per heavy atom. The van der Waals surface area contributed by atoms with Crippen molar-refractivity contribution in [1.29, 1.82) is 0 Å². The van der Waals surface area contributed by atoms with Crippen molar-refractivity contribution in [3.05, 3.63) is 23.8 Å². The SMILES string of the molecule is CC(C)COC1(OCC(C)C)OCC(=O)[C@@]2(O1)[C@H](C)C[C@H]1[C@@H]3CCC4=CC(=O)C=C[C@]4(C)[C@@]3(F)[C@@H](O)C[C@@]12C. The summed E-state index contributed by atoms with van der Waals surface area (Å²) in [4.78, 5) is 26.1. The van der Waals surface area contributed by atoms with Crippen LogP contribution in [0.5, 0.6) is 0 Å². The number of halogens is 1. The van der Waals surface area contributed by atoms with E-state index in [4.69, 9.17) is 18.9 Å². The number of aliphatic hydroxyl groups excluding tert-OH is 1. The molecule has 5 aliphatic rings. The van der Waals surface area contributed by atoms with E-state index in [0.717, 1.165) is 5.57 Å². The highest BCUT2D eigenvalue weighted by Gasteiger charge is 2.78. The maximum absolute atomic E-state index is 17.6. The van der Waals surface area contributed by atoms with Gasteiger partial charge in [0.05, 0.1) is 19.3 Å². The molecule has 0 aromatic heterocycles. The zero-order valence-corrected chi connectivity index (χ0v) is 24.4. The van der Waals surface area contributed by atoms with Crippen molar-refractivity contribution in [1.82, 2.24) is 0 Å². The highest BCUT2D eigenvalue weighted by atomic mass is 19.1. The first kappa shape index (κ1) is 29.1. The number of rotatable bonds is 6. The number of aliphatic hydroxyl groups is 1. The Morgan fingerprint density at radius 1 is 1.10 bits per heavy atom. The summed E-state index contributed by atoms with van der Waals surface area (Å²) in [6, 6.07) is 0. The quantitative estimate of drug-likeness (QED) is 0.472. The van der Waals surface area contributed by atoms with Crippen LogP contribution in [0.1, 0.15) is 74.1 Å². The number of carbonyl (C=O) groups is 2. The van der Waals surface area contributed by atoms with Crippen molar-refractivity contribution in [3.63, 3.8) is 0 Å². The van der Waals surface area contributed by atoms with Crippen molar-refractivity contribution in [2.75, 3.05) is 19.8 Å². The average molecular weight is 549 g/mol. The van der Waals surface area contributed by atoms with Crippen LogP contribution in [0.2, 0.25) is 0 Å². The van der Waals surface area contributed by atoms with Gasteiger partial charge in [-0.15, -0.1) is 0 Å². The fourth-order valence-corrected chi connectivity index (χ4v) is 8.61. The van der Waals surface area contributed by atoms with Gasteiger partial charge in [-0.3, -0.25) is 19.1 Å². The van der Waals surface area contributed by atoms with Gasteiger partial charge in [-0.2, -0.15) is 0 Å². The Balaban J connectivity index is 1.56. The number of allylic oxidation sites excluding steroid dienone is 4. The molecule has 8 heteroatoms. The van der Waals surface area contributed by atoms with Crippen LogP contribution in [0.15, 0.2) is 23.8 Å². The molecule has 4 fully saturated rings. The molecule has 8 atom stereocenters. The first-order chi connectivity index (χ1) is 18.1. The molecular formula is C31H45FO7. The van der Waals surface area contributed by atoms with Crippen LogP contribution in [-0.2, 0) is 28.5 Å². The molecule has 218 valence electrons. The number of ether oxygens (including phenoxy) is 4. The van der Waals surface area contributed by atoms with Crippen LogP contribution in [0.25, 0.3) is 0 Å². The van der Waals surface area contributed by atoms with Crippen molar-refractivity contribution >= 4 is 11.6 Å². The molecular weight excluding hydrogens is 503 g/mol. The second-order valence-electron chi connectivity index (χ2n) is 13.9. The maximum Gasteiger partial charge on any atom is 0.414 e. The van der Waals surface area contributed by atoms with Gasteiger partial charge in [0.2, 0.25) is 0 Å². The molecule has 5 rings (SSSR count). The highest BCUT2D eigenvalue weighted by Crippen LogP contribution is 2.72. The molecule has 7 nitrogen and oxygen atoms in total. The van der Waals surface area contributed by atoms with E-state index in [-0.39, 0.29) is 48.3 Å². The van der Waals surface area contributed by atoms with Gasteiger partial charge in [-0.25, -0.2) is 4.39 Å². The third-order valence-electron chi connectivity index (χ3n) is 10.4. The summed E-state index contributed by atoms with van der Waals surface area (Å²) < 4.78 is 42.4. The van der Waals surface area contributed by atoms with Gasteiger partial charge in [-0.05, 0) is 68.4 Å². The third kappa shape index (κ3) is 3.99. The second-order valence-corrected chi connectivity index (χ2v) is 13.9. The van der Waals surface area contributed by atoms with E-state index in [2.05, 4.69) is 0 Å². The Bertz CT molecular complexity index is 1070. The normalized spacial score (nSPS) is 44.9. The van der Waals surface area contributed by atoms with Crippen LogP contribution >= 0.6 is 0 Å². The van der Waals surface area contributed by atoms with Crippen molar-refractivity contribution in [3.8, 4) is 0 Å². The maximum atomic E-state index is 17.6. The van der Waals surface area contributed by atoms with Crippen molar-refractivity contribution in [2.24, 2.45) is 40.4 Å². The third-order valence-corrected chi connectivity index (χ3v) is 10.4. The lowest BCUT2D eigenvalue weighted by atomic mass is 9.44. The summed E-state index contributed by atoms with van der Waals surface area (Å²) >= 11 is 0. The molecule has 4 aliphatic carbocycles. The zero-order valence-electron chi connectivity index (χ0n) is 24.4. The first-order valence-corrected chi connectivity index (χ1v) is 14.6. The number of Topliss-reactive ketones (excluding diaryl/α,β-unsaturated/α-hetero) is 1. The molecule has 0 radical (unpaired) electrons. The minimum absolute atomic E-state index is 0.0375. The smallest absolute Gasteiger partial charge is 0.390 e. The largest absolute Gasteiger partial charge is 0.414 e. The molecule has 0 bridgehead atoms.